The summed E-state index contributed by atoms with van der Waals surface area (Å²) in [6.07, 6.45) is 2.59. The number of carbonyl (C=O) groups is 1. The lowest BCUT2D eigenvalue weighted by molar-refractivity contribution is -0.122. The lowest BCUT2D eigenvalue weighted by atomic mass is 10.2. The molecule has 0 aromatic heterocycles. The van der Waals surface area contributed by atoms with Gasteiger partial charge in [0.1, 0.15) is 5.75 Å². The Morgan fingerprint density at radius 1 is 1.26 bits per heavy atom. The number of carbonyl (C=O) groups excluding carboxylic acids is 1. The molecule has 1 aliphatic rings. The van der Waals surface area contributed by atoms with Crippen LogP contribution in [0.1, 0.15) is 32.3 Å². The Hall–Kier alpha value is -1.16. The van der Waals surface area contributed by atoms with Crippen LogP contribution in [0.5, 0.6) is 5.75 Å². The van der Waals surface area contributed by atoms with E-state index in [0.717, 1.165) is 24.6 Å². The molecule has 1 atom stereocenters. The van der Waals surface area contributed by atoms with Crippen molar-refractivity contribution in [2.45, 2.75) is 38.5 Å². The van der Waals surface area contributed by atoms with E-state index in [2.05, 4.69) is 27.9 Å². The van der Waals surface area contributed by atoms with Crippen molar-refractivity contribution in [1.29, 1.82) is 0 Å². The fourth-order valence-corrected chi connectivity index (χ4v) is 3.86. The predicted molar refractivity (Wildman–Crippen MR) is 124 cm³/mol. The molecule has 1 aromatic rings. The summed E-state index contributed by atoms with van der Waals surface area (Å²) in [6.45, 7) is 6.94. The molecule has 1 unspecified atom stereocenters. The number of rotatable bonds is 9. The predicted octanol–water partition coefficient (Wildman–Crippen LogP) is 2.77. The van der Waals surface area contributed by atoms with Gasteiger partial charge in [0, 0.05) is 24.9 Å². The van der Waals surface area contributed by atoms with E-state index in [1.54, 1.807) is 0 Å². The van der Waals surface area contributed by atoms with Crippen molar-refractivity contribution < 1.29 is 9.53 Å². The molecule has 1 amide bonds. The van der Waals surface area contributed by atoms with E-state index in [1.807, 2.05) is 43.0 Å². The van der Waals surface area contributed by atoms with Gasteiger partial charge in [0.25, 0.3) is 5.91 Å². The van der Waals surface area contributed by atoms with Gasteiger partial charge in [0.15, 0.2) is 12.6 Å². The molecule has 1 aliphatic heterocycles. The minimum atomic E-state index is -0.112. The van der Waals surface area contributed by atoms with Crippen LogP contribution < -0.4 is 20.7 Å². The number of amides is 1. The number of ether oxygens (including phenoxy) is 1. The number of nitrogens with zero attached hydrogens (tertiary/aromatic N) is 1. The van der Waals surface area contributed by atoms with Crippen LogP contribution in [-0.4, -0.2) is 49.1 Å². The van der Waals surface area contributed by atoms with Gasteiger partial charge in [-0.15, -0.1) is 24.0 Å². The number of hydrogen-bond acceptors (Lipinski definition) is 4. The van der Waals surface area contributed by atoms with Crippen LogP contribution in [0.3, 0.4) is 0 Å². The fraction of sp³-hybridized carbons (Fsp3) is 0.579. The van der Waals surface area contributed by atoms with E-state index < -0.39 is 0 Å². The van der Waals surface area contributed by atoms with Crippen molar-refractivity contribution >= 4 is 47.6 Å². The Bertz CT molecular complexity index is 595. The number of nitrogens with one attached hydrogen (secondary N) is 3. The van der Waals surface area contributed by atoms with Crippen molar-refractivity contribution in [2.75, 3.05) is 32.0 Å². The Morgan fingerprint density at radius 2 is 2.07 bits per heavy atom. The van der Waals surface area contributed by atoms with Gasteiger partial charge in [-0.3, -0.25) is 4.79 Å². The largest absolute Gasteiger partial charge is 0.484 e. The van der Waals surface area contributed by atoms with E-state index in [9.17, 15) is 4.79 Å². The molecule has 6 nitrogen and oxygen atoms in total. The molecular weight excluding hydrogens is 475 g/mol. The molecule has 0 aliphatic carbocycles. The zero-order valence-electron chi connectivity index (χ0n) is 16.1. The first-order chi connectivity index (χ1) is 12.7. The molecule has 152 valence electrons. The van der Waals surface area contributed by atoms with E-state index in [4.69, 9.17) is 4.74 Å². The van der Waals surface area contributed by atoms with Crippen LogP contribution in [-0.2, 0) is 11.3 Å². The quantitative estimate of drug-likeness (QED) is 0.273. The van der Waals surface area contributed by atoms with E-state index in [0.29, 0.717) is 24.1 Å². The van der Waals surface area contributed by atoms with Crippen LogP contribution in [0.25, 0.3) is 0 Å². The smallest absolute Gasteiger partial charge is 0.257 e. The summed E-state index contributed by atoms with van der Waals surface area (Å²) in [6, 6.07) is 7.72. The van der Waals surface area contributed by atoms with Crippen LogP contribution in [0.15, 0.2) is 29.3 Å². The highest BCUT2D eigenvalue weighted by molar-refractivity contribution is 14.0. The molecule has 8 heteroatoms. The van der Waals surface area contributed by atoms with Crippen molar-refractivity contribution in [1.82, 2.24) is 16.0 Å². The monoisotopic (exact) mass is 506 g/mol. The van der Waals surface area contributed by atoms with Crippen LogP contribution >= 0.6 is 35.7 Å². The van der Waals surface area contributed by atoms with Crippen LogP contribution in [0.4, 0.5) is 0 Å². The molecule has 1 aromatic carbocycles. The molecule has 0 radical (unpaired) electrons. The summed E-state index contributed by atoms with van der Waals surface area (Å²) < 4.78 is 5.54. The van der Waals surface area contributed by atoms with Gasteiger partial charge in [-0.2, -0.15) is 11.8 Å². The fourth-order valence-electron chi connectivity index (χ4n) is 2.66. The second-order valence-electron chi connectivity index (χ2n) is 6.10. The van der Waals surface area contributed by atoms with Crippen molar-refractivity contribution in [3.63, 3.8) is 0 Å². The number of likely N-dealkylation sites (N-methyl/N-ethyl adjacent to an activating group) is 1. The molecule has 1 saturated heterocycles. The maximum atomic E-state index is 11.5. The molecule has 0 saturated carbocycles. The average Bonchev–Trinajstić information content (AvgIpc) is 3.16. The molecule has 27 heavy (non-hydrogen) atoms. The van der Waals surface area contributed by atoms with Gasteiger partial charge >= 0.3 is 0 Å². The van der Waals surface area contributed by atoms with E-state index >= 15 is 0 Å². The SMILES string of the molecule is CCNC(=O)COc1cccc(CN=C(NCC)NCC2CCCS2)c1.I. The average molecular weight is 506 g/mol. The summed E-state index contributed by atoms with van der Waals surface area (Å²) >= 11 is 2.04. The molecular formula is C19H31IN4O2S. The Balaban J connectivity index is 0.00000364. The first-order valence-electron chi connectivity index (χ1n) is 9.33. The van der Waals surface area contributed by atoms with Gasteiger partial charge in [0.05, 0.1) is 6.54 Å². The van der Waals surface area contributed by atoms with Gasteiger partial charge in [-0.05, 0) is 50.1 Å². The summed E-state index contributed by atoms with van der Waals surface area (Å²) in [5, 5.41) is 10.1. The number of hydrogen-bond donors (Lipinski definition) is 3. The highest BCUT2D eigenvalue weighted by atomic mass is 127. The third-order valence-corrected chi connectivity index (χ3v) is 5.33. The van der Waals surface area contributed by atoms with Crippen molar-refractivity contribution in [3.8, 4) is 5.75 Å². The minimum Gasteiger partial charge on any atom is -0.484 e. The zero-order chi connectivity index (χ0) is 18.6. The second kappa shape index (κ2) is 13.9. The summed E-state index contributed by atoms with van der Waals surface area (Å²) in [5.74, 6) is 2.68. The molecule has 2 rings (SSSR count). The minimum absolute atomic E-state index is 0. The third-order valence-electron chi connectivity index (χ3n) is 3.93. The van der Waals surface area contributed by atoms with Crippen molar-refractivity contribution in [3.05, 3.63) is 29.8 Å². The number of thioether (sulfide) groups is 1. The van der Waals surface area contributed by atoms with Gasteiger partial charge in [0.2, 0.25) is 0 Å². The zero-order valence-corrected chi connectivity index (χ0v) is 19.3. The Morgan fingerprint density at radius 3 is 2.78 bits per heavy atom. The molecule has 3 N–H and O–H groups in total. The number of benzene rings is 1. The summed E-state index contributed by atoms with van der Waals surface area (Å²) in [5.41, 5.74) is 1.05. The number of aliphatic imine (C=N–C) groups is 1. The standard InChI is InChI=1S/C19H30N4O2S.HI/c1-3-20-18(24)14-25-16-8-5-7-15(11-16)12-22-19(21-4-2)23-13-17-9-6-10-26-17;/h5,7-8,11,17H,3-4,6,9-10,12-14H2,1-2H3,(H,20,24)(H2,21,22,23);1H. The van der Waals surface area contributed by atoms with Gasteiger partial charge in [-0.25, -0.2) is 4.99 Å². The molecule has 0 bridgehead atoms. The lowest BCUT2D eigenvalue weighted by Gasteiger charge is -2.14. The first kappa shape index (κ1) is 23.9. The Labute approximate surface area is 183 Å². The number of halogens is 1. The second-order valence-corrected chi connectivity index (χ2v) is 7.51. The summed E-state index contributed by atoms with van der Waals surface area (Å²) in [4.78, 5) is 16.2. The molecule has 1 heterocycles. The third kappa shape index (κ3) is 9.55. The topological polar surface area (TPSA) is 74.8 Å². The maximum absolute atomic E-state index is 11.5. The van der Waals surface area contributed by atoms with Gasteiger partial charge < -0.3 is 20.7 Å². The molecule has 1 fully saturated rings. The number of guanidine groups is 1. The Kier molecular flexibility index (Phi) is 12.3. The lowest BCUT2D eigenvalue weighted by Crippen LogP contribution is -2.40. The molecule has 0 spiro atoms. The summed E-state index contributed by atoms with van der Waals surface area (Å²) in [7, 11) is 0. The highest BCUT2D eigenvalue weighted by Gasteiger charge is 2.15. The maximum Gasteiger partial charge on any atom is 0.257 e. The highest BCUT2D eigenvalue weighted by Crippen LogP contribution is 2.25. The van der Waals surface area contributed by atoms with E-state index in [1.165, 1.54) is 18.6 Å². The van der Waals surface area contributed by atoms with Gasteiger partial charge in [-0.1, -0.05) is 12.1 Å². The van der Waals surface area contributed by atoms with Crippen molar-refractivity contribution in [2.24, 2.45) is 4.99 Å². The van der Waals surface area contributed by atoms with E-state index in [-0.39, 0.29) is 36.5 Å². The first-order valence-corrected chi connectivity index (χ1v) is 10.4. The van der Waals surface area contributed by atoms with Crippen LogP contribution in [0, 0.1) is 0 Å². The van der Waals surface area contributed by atoms with Crippen LogP contribution in [0.2, 0.25) is 0 Å². The normalized spacial score (nSPS) is 16.4.